The molecule has 0 aliphatic rings. The van der Waals surface area contributed by atoms with Gasteiger partial charge in [0.1, 0.15) is 11.6 Å². The third kappa shape index (κ3) is 6.60. The molecule has 0 unspecified atom stereocenters. The summed E-state index contributed by atoms with van der Waals surface area (Å²) in [6.45, 7) is 1.95. The Balaban J connectivity index is 0.000000283. The number of aliphatic imine (C=N–C) groups is 1. The second-order valence-electron chi connectivity index (χ2n) is 8.04. The molecule has 0 aliphatic heterocycles. The Labute approximate surface area is 226 Å². The lowest BCUT2D eigenvalue weighted by atomic mass is 10.0. The fraction of sp³-hybridized carbons (Fsp3) is 0.0357. The van der Waals surface area contributed by atoms with E-state index in [0.717, 1.165) is 21.2 Å². The van der Waals surface area contributed by atoms with Crippen molar-refractivity contribution >= 4 is 68.0 Å². The normalized spacial score (nSPS) is 10.2. The SMILES string of the molecule is Cc1cccc(N=C=O)c1.Nc1nccc2scc(-c3ccc(NC(=O)Nc4cccc(Cl)c4)c(F)c3)c12. The van der Waals surface area contributed by atoms with Crippen LogP contribution < -0.4 is 16.4 Å². The van der Waals surface area contributed by atoms with Crippen molar-refractivity contribution in [2.75, 3.05) is 16.4 Å². The lowest BCUT2D eigenvalue weighted by molar-refractivity contribution is 0.262. The summed E-state index contributed by atoms with van der Waals surface area (Å²) in [4.78, 5) is 29.5. The standard InChI is InChI=1S/C20H14ClFN4OS.C8H7NO/c21-12-2-1-3-13(9-12)25-20(27)26-16-5-4-11(8-15(16)22)14-10-28-17-6-7-24-19(23)18(14)17;1-7-3-2-4-8(5-7)9-6-10/h1-10H,(H2,23,24)(H2,25,26,27);2-5H,1H3. The third-order valence-corrected chi connectivity index (χ3v) is 6.49. The number of isocyanates is 1. The Morgan fingerprint density at radius 3 is 2.63 bits per heavy atom. The number of thiophene rings is 1. The molecule has 7 nitrogen and oxygen atoms in total. The van der Waals surface area contributed by atoms with Gasteiger partial charge in [-0.1, -0.05) is 35.9 Å². The van der Waals surface area contributed by atoms with Crippen LogP contribution in [0.3, 0.4) is 0 Å². The number of rotatable bonds is 4. The molecule has 2 amide bonds. The highest BCUT2D eigenvalue weighted by Gasteiger charge is 2.13. The second kappa shape index (κ2) is 12.1. The van der Waals surface area contributed by atoms with Gasteiger partial charge in [0.25, 0.3) is 0 Å². The average Bonchev–Trinajstić information content (AvgIpc) is 3.32. The van der Waals surface area contributed by atoms with Gasteiger partial charge in [-0.15, -0.1) is 11.3 Å². The number of fused-ring (bicyclic) bond motifs is 1. The van der Waals surface area contributed by atoms with Crippen molar-refractivity contribution in [1.29, 1.82) is 0 Å². The minimum atomic E-state index is -0.566. The number of pyridine rings is 1. The van der Waals surface area contributed by atoms with Crippen LogP contribution in [-0.4, -0.2) is 17.1 Å². The van der Waals surface area contributed by atoms with Crippen LogP contribution in [0, 0.1) is 12.7 Å². The number of urea groups is 1. The fourth-order valence-corrected chi connectivity index (χ4v) is 4.77. The van der Waals surface area contributed by atoms with Crippen LogP contribution in [0.2, 0.25) is 5.02 Å². The van der Waals surface area contributed by atoms with Crippen molar-refractivity contribution in [1.82, 2.24) is 4.98 Å². The summed E-state index contributed by atoms with van der Waals surface area (Å²) < 4.78 is 15.6. The van der Waals surface area contributed by atoms with Gasteiger partial charge in [0.2, 0.25) is 6.08 Å². The highest BCUT2D eigenvalue weighted by Crippen LogP contribution is 2.37. The zero-order valence-electron chi connectivity index (χ0n) is 20.0. The molecule has 10 heteroatoms. The predicted molar refractivity (Wildman–Crippen MR) is 152 cm³/mol. The number of nitrogens with one attached hydrogen (secondary N) is 2. The summed E-state index contributed by atoms with van der Waals surface area (Å²) in [6.07, 6.45) is 3.13. The van der Waals surface area contributed by atoms with Crippen molar-refractivity contribution in [3.8, 4) is 11.1 Å². The molecule has 3 aromatic carbocycles. The minimum Gasteiger partial charge on any atom is -0.383 e. The summed E-state index contributed by atoms with van der Waals surface area (Å²) in [6, 6.07) is 20.0. The molecule has 0 atom stereocenters. The van der Waals surface area contributed by atoms with E-state index in [1.165, 1.54) is 29.5 Å². The van der Waals surface area contributed by atoms with Crippen molar-refractivity contribution in [3.05, 3.63) is 101 Å². The number of aromatic nitrogens is 1. The summed E-state index contributed by atoms with van der Waals surface area (Å²) in [5.74, 6) is -0.155. The van der Waals surface area contributed by atoms with Gasteiger partial charge in [-0.3, -0.25) is 0 Å². The number of anilines is 3. The maximum absolute atomic E-state index is 14.6. The van der Waals surface area contributed by atoms with Crippen LogP contribution in [0.5, 0.6) is 0 Å². The zero-order valence-corrected chi connectivity index (χ0v) is 21.6. The number of hydrogen-bond donors (Lipinski definition) is 3. The number of benzene rings is 3. The van der Waals surface area contributed by atoms with E-state index in [4.69, 9.17) is 17.3 Å². The van der Waals surface area contributed by atoms with E-state index in [2.05, 4.69) is 20.6 Å². The first-order chi connectivity index (χ1) is 18.3. The van der Waals surface area contributed by atoms with Gasteiger partial charge in [0.15, 0.2) is 0 Å². The zero-order chi connectivity index (χ0) is 27.1. The van der Waals surface area contributed by atoms with Gasteiger partial charge in [-0.25, -0.2) is 19.0 Å². The third-order valence-electron chi connectivity index (χ3n) is 5.30. The van der Waals surface area contributed by atoms with E-state index in [0.29, 0.717) is 27.8 Å². The number of carbonyl (C=O) groups is 1. The van der Waals surface area contributed by atoms with E-state index >= 15 is 0 Å². The predicted octanol–water partition coefficient (Wildman–Crippen LogP) is 7.94. The first-order valence-electron chi connectivity index (χ1n) is 11.2. The molecule has 0 radical (unpaired) electrons. The van der Waals surface area contributed by atoms with Gasteiger partial charge in [-0.05, 0) is 72.0 Å². The van der Waals surface area contributed by atoms with Gasteiger partial charge >= 0.3 is 6.03 Å². The van der Waals surface area contributed by atoms with Gasteiger partial charge < -0.3 is 16.4 Å². The van der Waals surface area contributed by atoms with Gasteiger partial charge in [0.05, 0.1) is 11.4 Å². The molecule has 0 spiro atoms. The van der Waals surface area contributed by atoms with E-state index in [1.807, 2.05) is 36.6 Å². The van der Waals surface area contributed by atoms with Gasteiger partial charge in [0, 0.05) is 32.6 Å². The number of aryl methyl sites for hydroxylation is 1. The van der Waals surface area contributed by atoms with Crippen molar-refractivity contribution in [2.45, 2.75) is 6.92 Å². The lowest BCUT2D eigenvalue weighted by Crippen LogP contribution is -2.20. The number of hydrogen-bond acceptors (Lipinski definition) is 6. The first-order valence-corrected chi connectivity index (χ1v) is 12.5. The molecule has 0 bridgehead atoms. The molecule has 5 aromatic rings. The van der Waals surface area contributed by atoms with Crippen LogP contribution in [0.4, 0.5) is 32.1 Å². The Kier molecular flexibility index (Phi) is 8.45. The van der Waals surface area contributed by atoms with E-state index < -0.39 is 11.8 Å². The Morgan fingerprint density at radius 2 is 1.89 bits per heavy atom. The molecule has 0 saturated carbocycles. The molecule has 4 N–H and O–H groups in total. The molecule has 5 rings (SSSR count). The van der Waals surface area contributed by atoms with Crippen molar-refractivity contribution in [3.63, 3.8) is 0 Å². The molecule has 2 heterocycles. The number of amides is 2. The largest absolute Gasteiger partial charge is 0.383 e. The van der Waals surface area contributed by atoms with E-state index in [-0.39, 0.29) is 5.69 Å². The number of nitrogens with zero attached hydrogens (tertiary/aromatic N) is 2. The summed E-state index contributed by atoms with van der Waals surface area (Å²) in [5, 5.41) is 8.31. The van der Waals surface area contributed by atoms with Gasteiger partial charge in [-0.2, -0.15) is 4.99 Å². The smallest absolute Gasteiger partial charge is 0.323 e. The Bertz CT molecular complexity index is 1670. The van der Waals surface area contributed by atoms with Crippen LogP contribution >= 0.6 is 22.9 Å². The Hall–Kier alpha value is -4.56. The second-order valence-corrected chi connectivity index (χ2v) is 9.39. The van der Waals surface area contributed by atoms with Crippen LogP contribution in [0.1, 0.15) is 5.56 Å². The molecule has 0 aliphatic carbocycles. The van der Waals surface area contributed by atoms with Crippen LogP contribution in [0.25, 0.3) is 21.2 Å². The van der Waals surface area contributed by atoms with Crippen LogP contribution in [-0.2, 0) is 4.79 Å². The minimum absolute atomic E-state index is 0.0638. The summed E-state index contributed by atoms with van der Waals surface area (Å²) >= 11 is 7.40. The molecular weight excluding hydrogens is 525 g/mol. The van der Waals surface area contributed by atoms with Crippen molar-refractivity contribution < 1.29 is 14.0 Å². The Morgan fingerprint density at radius 1 is 1.08 bits per heavy atom. The maximum atomic E-state index is 14.6. The summed E-state index contributed by atoms with van der Waals surface area (Å²) in [7, 11) is 0. The molecule has 0 fully saturated rings. The summed E-state index contributed by atoms with van der Waals surface area (Å²) in [5.41, 5.74) is 9.77. The average molecular weight is 546 g/mol. The molecular formula is C28H21ClFN5O2S. The van der Waals surface area contributed by atoms with E-state index in [1.54, 1.807) is 42.6 Å². The van der Waals surface area contributed by atoms with E-state index in [9.17, 15) is 14.0 Å². The number of nitrogen functional groups attached to an aromatic ring is 1. The quantitative estimate of drug-likeness (QED) is 0.157. The van der Waals surface area contributed by atoms with Crippen molar-refractivity contribution in [2.24, 2.45) is 4.99 Å². The number of nitrogens with two attached hydrogens (primary N) is 1. The molecule has 0 saturated heterocycles. The fourth-order valence-electron chi connectivity index (χ4n) is 3.61. The highest BCUT2D eigenvalue weighted by atomic mass is 35.5. The monoisotopic (exact) mass is 545 g/mol. The molecule has 38 heavy (non-hydrogen) atoms. The highest BCUT2D eigenvalue weighted by molar-refractivity contribution is 7.17. The molecule has 190 valence electrons. The number of carbonyl (C=O) groups excluding carboxylic acids is 2. The van der Waals surface area contributed by atoms with Crippen LogP contribution in [0.15, 0.2) is 89.4 Å². The first kappa shape index (κ1) is 26.5. The number of halogens is 2. The molecule has 2 aromatic heterocycles. The lowest BCUT2D eigenvalue weighted by Gasteiger charge is -2.10. The topological polar surface area (TPSA) is 109 Å². The maximum Gasteiger partial charge on any atom is 0.323 e.